The second-order valence-corrected chi connectivity index (χ2v) is 10.2. The van der Waals surface area contributed by atoms with E-state index in [1.807, 2.05) is 4.90 Å². The zero-order valence-corrected chi connectivity index (χ0v) is 19.6. The molecule has 2 aliphatic heterocycles. The van der Waals surface area contributed by atoms with Gasteiger partial charge in [-0.15, -0.1) is 0 Å². The molecule has 3 fully saturated rings. The van der Waals surface area contributed by atoms with Gasteiger partial charge in [0.05, 0.1) is 17.5 Å². The van der Waals surface area contributed by atoms with Crippen LogP contribution >= 0.6 is 0 Å². The summed E-state index contributed by atoms with van der Waals surface area (Å²) in [7, 11) is 0. The number of aryl methyl sites for hydroxylation is 1. The van der Waals surface area contributed by atoms with Gasteiger partial charge in [-0.3, -0.25) is 14.4 Å². The maximum Gasteiger partial charge on any atom is 0.254 e. The van der Waals surface area contributed by atoms with E-state index in [0.29, 0.717) is 24.3 Å². The van der Waals surface area contributed by atoms with Crippen LogP contribution in [0.1, 0.15) is 29.3 Å². The Morgan fingerprint density at radius 1 is 0.882 bits per heavy atom. The van der Waals surface area contributed by atoms with Crippen molar-refractivity contribution in [3.05, 3.63) is 71.8 Å². The summed E-state index contributed by atoms with van der Waals surface area (Å²) in [5, 5.41) is 0. The van der Waals surface area contributed by atoms with Crippen molar-refractivity contribution in [3.8, 4) is 0 Å². The van der Waals surface area contributed by atoms with Gasteiger partial charge in [0.2, 0.25) is 11.8 Å². The standard InChI is InChI=1S/C28H29N3O3/c1-17-5-3-7-22(13-17)30-12-11-29(16-18(30)2)26(32)21-6-4-8-23(15-21)31-27(33)24-19-9-10-20(14-19)25(24)28(31)34/h3-10,13,15,18-20,24-25H,11-12,14,16H2,1-2H3/t18-,19+,20+,24-,25+/m1/s1. The highest BCUT2D eigenvalue weighted by atomic mass is 16.2. The quantitative estimate of drug-likeness (QED) is 0.524. The van der Waals surface area contributed by atoms with Crippen molar-refractivity contribution in [1.29, 1.82) is 0 Å². The van der Waals surface area contributed by atoms with Gasteiger partial charge < -0.3 is 9.80 Å². The predicted molar refractivity (Wildman–Crippen MR) is 131 cm³/mol. The second kappa shape index (κ2) is 7.83. The molecule has 2 heterocycles. The number of nitrogens with zero attached hydrogens (tertiary/aromatic N) is 3. The molecule has 34 heavy (non-hydrogen) atoms. The Labute approximate surface area is 199 Å². The minimum absolute atomic E-state index is 0.0568. The zero-order valence-electron chi connectivity index (χ0n) is 19.6. The van der Waals surface area contributed by atoms with E-state index in [1.165, 1.54) is 16.2 Å². The monoisotopic (exact) mass is 455 g/mol. The van der Waals surface area contributed by atoms with E-state index in [0.717, 1.165) is 13.0 Å². The summed E-state index contributed by atoms with van der Waals surface area (Å²) in [6.45, 7) is 6.24. The number of amides is 3. The highest BCUT2D eigenvalue weighted by molar-refractivity contribution is 6.23. The molecule has 0 unspecified atom stereocenters. The van der Waals surface area contributed by atoms with Gasteiger partial charge in [0.1, 0.15) is 0 Å². The van der Waals surface area contributed by atoms with E-state index >= 15 is 0 Å². The Balaban J connectivity index is 1.19. The van der Waals surface area contributed by atoms with Crippen molar-refractivity contribution >= 4 is 29.1 Å². The molecular weight excluding hydrogens is 426 g/mol. The van der Waals surface area contributed by atoms with E-state index < -0.39 is 0 Å². The lowest BCUT2D eigenvalue weighted by atomic mass is 9.85. The average molecular weight is 456 g/mol. The Bertz CT molecular complexity index is 1190. The van der Waals surface area contributed by atoms with Gasteiger partial charge in [-0.25, -0.2) is 4.90 Å². The van der Waals surface area contributed by atoms with Crippen LogP contribution in [0.4, 0.5) is 11.4 Å². The van der Waals surface area contributed by atoms with Crippen molar-refractivity contribution < 1.29 is 14.4 Å². The average Bonchev–Trinajstić information content (AvgIpc) is 3.52. The molecule has 0 radical (unpaired) electrons. The summed E-state index contributed by atoms with van der Waals surface area (Å²) in [4.78, 5) is 45.3. The van der Waals surface area contributed by atoms with Crippen molar-refractivity contribution in [1.82, 2.24) is 4.90 Å². The minimum Gasteiger partial charge on any atom is -0.365 e. The van der Waals surface area contributed by atoms with Gasteiger partial charge >= 0.3 is 0 Å². The summed E-state index contributed by atoms with van der Waals surface area (Å²) in [6.07, 6.45) is 5.10. The maximum atomic E-state index is 13.4. The largest absolute Gasteiger partial charge is 0.365 e. The van der Waals surface area contributed by atoms with Gasteiger partial charge in [-0.1, -0.05) is 30.4 Å². The molecule has 2 saturated heterocycles. The first-order valence-corrected chi connectivity index (χ1v) is 12.2. The molecule has 2 aliphatic carbocycles. The van der Waals surface area contributed by atoms with Crippen LogP contribution < -0.4 is 9.80 Å². The van der Waals surface area contributed by atoms with Crippen LogP contribution in [-0.2, 0) is 9.59 Å². The van der Waals surface area contributed by atoms with Crippen LogP contribution in [-0.4, -0.2) is 48.3 Å². The molecule has 0 spiro atoms. The van der Waals surface area contributed by atoms with Crippen LogP contribution in [0.25, 0.3) is 0 Å². The first kappa shape index (κ1) is 21.1. The lowest BCUT2D eigenvalue weighted by Crippen LogP contribution is -2.53. The number of hydrogen-bond acceptors (Lipinski definition) is 4. The van der Waals surface area contributed by atoms with Crippen LogP contribution in [0.3, 0.4) is 0 Å². The van der Waals surface area contributed by atoms with Gasteiger partial charge in [0, 0.05) is 36.9 Å². The van der Waals surface area contributed by atoms with Crippen molar-refractivity contribution in [2.24, 2.45) is 23.7 Å². The maximum absolute atomic E-state index is 13.4. The summed E-state index contributed by atoms with van der Waals surface area (Å²) >= 11 is 0. The molecule has 6 heteroatoms. The summed E-state index contributed by atoms with van der Waals surface area (Å²) < 4.78 is 0. The number of fused-ring (bicyclic) bond motifs is 5. The Kier molecular flexibility index (Phi) is 4.87. The topological polar surface area (TPSA) is 60.9 Å². The van der Waals surface area contributed by atoms with E-state index in [-0.39, 0.29) is 47.4 Å². The smallest absolute Gasteiger partial charge is 0.254 e. The van der Waals surface area contributed by atoms with Gasteiger partial charge in [-0.2, -0.15) is 0 Å². The zero-order chi connectivity index (χ0) is 23.6. The lowest BCUT2D eigenvalue weighted by Gasteiger charge is -2.41. The second-order valence-electron chi connectivity index (χ2n) is 10.2. The number of hydrogen-bond donors (Lipinski definition) is 0. The van der Waals surface area contributed by atoms with Crippen molar-refractivity contribution in [2.75, 3.05) is 29.4 Å². The number of benzene rings is 2. The van der Waals surface area contributed by atoms with Gasteiger partial charge in [0.25, 0.3) is 5.91 Å². The van der Waals surface area contributed by atoms with E-state index in [2.05, 4.69) is 55.2 Å². The summed E-state index contributed by atoms with van der Waals surface area (Å²) in [5.41, 5.74) is 3.44. The molecule has 6 rings (SSSR count). The van der Waals surface area contributed by atoms with E-state index in [1.54, 1.807) is 24.3 Å². The van der Waals surface area contributed by atoms with Crippen molar-refractivity contribution in [3.63, 3.8) is 0 Å². The molecule has 0 N–H and O–H groups in total. The number of anilines is 2. The predicted octanol–water partition coefficient (Wildman–Crippen LogP) is 3.66. The first-order valence-electron chi connectivity index (χ1n) is 12.2. The molecular formula is C28H29N3O3. The summed E-state index contributed by atoms with van der Waals surface area (Å²) in [5.74, 6) is -0.415. The molecule has 174 valence electrons. The Morgan fingerprint density at radius 3 is 2.24 bits per heavy atom. The Morgan fingerprint density at radius 2 is 1.56 bits per heavy atom. The fourth-order valence-corrected chi connectivity index (χ4v) is 6.45. The minimum atomic E-state index is -0.239. The molecule has 0 aromatic heterocycles. The van der Waals surface area contributed by atoms with Crippen LogP contribution in [0, 0.1) is 30.6 Å². The third-order valence-electron chi connectivity index (χ3n) is 8.07. The molecule has 1 saturated carbocycles. The SMILES string of the molecule is Cc1cccc(N2CCN(C(=O)c3cccc(N4C(=O)[C@@H]5[C@H](C4=O)[C@H]4C=C[C@H]5C4)c3)C[C@H]2C)c1. The van der Waals surface area contributed by atoms with E-state index in [4.69, 9.17) is 0 Å². The van der Waals surface area contributed by atoms with Crippen LogP contribution in [0.2, 0.25) is 0 Å². The lowest BCUT2D eigenvalue weighted by molar-refractivity contribution is -0.123. The van der Waals surface area contributed by atoms with Crippen LogP contribution in [0.5, 0.6) is 0 Å². The fraction of sp³-hybridized carbons (Fsp3) is 0.393. The fourth-order valence-electron chi connectivity index (χ4n) is 6.45. The van der Waals surface area contributed by atoms with Gasteiger partial charge in [0.15, 0.2) is 0 Å². The third-order valence-corrected chi connectivity index (χ3v) is 8.07. The molecule has 3 amide bonds. The molecule has 2 aromatic carbocycles. The first-order chi connectivity index (χ1) is 16.4. The number of imide groups is 1. The number of piperazine rings is 1. The van der Waals surface area contributed by atoms with Crippen LogP contribution in [0.15, 0.2) is 60.7 Å². The van der Waals surface area contributed by atoms with Crippen molar-refractivity contribution in [2.45, 2.75) is 26.3 Å². The summed E-state index contributed by atoms with van der Waals surface area (Å²) in [6, 6.07) is 15.7. The molecule has 2 bridgehead atoms. The molecule has 4 aliphatic rings. The molecule has 5 atom stereocenters. The van der Waals surface area contributed by atoms with E-state index in [9.17, 15) is 14.4 Å². The highest BCUT2D eigenvalue weighted by Crippen LogP contribution is 2.53. The molecule has 6 nitrogen and oxygen atoms in total. The molecule has 2 aromatic rings. The van der Waals surface area contributed by atoms with Gasteiger partial charge in [-0.05, 0) is 68.0 Å². The number of rotatable bonds is 3. The normalized spacial score (nSPS) is 29.8. The number of carbonyl (C=O) groups is 3. The Hall–Kier alpha value is -3.41. The highest BCUT2D eigenvalue weighted by Gasteiger charge is 2.59. The third kappa shape index (κ3) is 3.19. The number of carbonyl (C=O) groups excluding carboxylic acids is 3. The number of allylic oxidation sites excluding steroid dienone is 2.